The topological polar surface area (TPSA) is 55.8 Å². The maximum absolute atomic E-state index is 12.9. The van der Waals surface area contributed by atoms with E-state index in [1.807, 2.05) is 37.3 Å². The van der Waals surface area contributed by atoms with Gasteiger partial charge in [-0.05, 0) is 19.1 Å². The lowest BCUT2D eigenvalue weighted by molar-refractivity contribution is -0.145. The number of hydrogen-bond acceptors (Lipinski definition) is 4. The Hall–Kier alpha value is -2.66. The molecule has 1 unspecified atom stereocenters. The van der Waals surface area contributed by atoms with Crippen LogP contribution in [0.5, 0.6) is 0 Å². The molecule has 0 N–H and O–H groups in total. The molecule has 0 aliphatic carbocycles. The molecule has 25 heavy (non-hydrogen) atoms. The van der Waals surface area contributed by atoms with Crippen molar-refractivity contribution in [2.45, 2.75) is 13.0 Å². The lowest BCUT2D eigenvalue weighted by Gasteiger charge is -2.30. The number of ether oxygens (including phenoxy) is 2. The van der Waals surface area contributed by atoms with Gasteiger partial charge in [0.25, 0.3) is 5.91 Å². The van der Waals surface area contributed by atoms with E-state index in [2.05, 4.69) is 0 Å². The van der Waals surface area contributed by atoms with Crippen molar-refractivity contribution in [3.63, 3.8) is 0 Å². The Morgan fingerprint density at radius 1 is 1.00 bits per heavy atom. The van der Waals surface area contributed by atoms with Crippen LogP contribution in [0, 0.1) is 6.92 Å². The molecule has 0 spiro atoms. The van der Waals surface area contributed by atoms with E-state index in [-0.39, 0.29) is 5.91 Å². The molecule has 0 radical (unpaired) electrons. The minimum absolute atomic E-state index is 0.213. The first-order valence-corrected chi connectivity index (χ1v) is 8.34. The summed E-state index contributed by atoms with van der Waals surface area (Å²) in [4.78, 5) is 27.1. The Morgan fingerprint density at radius 2 is 1.64 bits per heavy atom. The number of esters is 1. The molecule has 0 saturated carbocycles. The number of nitrogens with zero attached hydrogens (tertiary/aromatic N) is 1. The molecule has 130 valence electrons. The van der Waals surface area contributed by atoms with Gasteiger partial charge in [-0.15, -0.1) is 0 Å². The van der Waals surface area contributed by atoms with E-state index in [4.69, 9.17) is 9.47 Å². The summed E-state index contributed by atoms with van der Waals surface area (Å²) in [5.74, 6) is -0.717. The average Bonchev–Trinajstić information content (AvgIpc) is 2.67. The molecule has 0 bridgehead atoms. The van der Waals surface area contributed by atoms with Gasteiger partial charge < -0.3 is 14.4 Å². The number of rotatable bonds is 4. The van der Waals surface area contributed by atoms with Gasteiger partial charge in [0.2, 0.25) is 6.10 Å². The fourth-order valence-electron chi connectivity index (χ4n) is 2.70. The average molecular weight is 339 g/mol. The maximum atomic E-state index is 12.9. The van der Waals surface area contributed by atoms with Gasteiger partial charge >= 0.3 is 5.97 Å². The number of morpholine rings is 1. The van der Waals surface area contributed by atoms with E-state index in [0.717, 1.165) is 5.56 Å². The van der Waals surface area contributed by atoms with Gasteiger partial charge in [-0.2, -0.15) is 0 Å². The second-order valence-electron chi connectivity index (χ2n) is 6.00. The normalized spacial score (nSPS) is 15.5. The number of aryl methyl sites for hydroxylation is 1. The molecule has 2 aromatic carbocycles. The van der Waals surface area contributed by atoms with E-state index >= 15 is 0 Å². The summed E-state index contributed by atoms with van der Waals surface area (Å²) in [5, 5.41) is 0. The van der Waals surface area contributed by atoms with E-state index in [0.29, 0.717) is 37.4 Å². The minimum Gasteiger partial charge on any atom is -0.444 e. The van der Waals surface area contributed by atoms with E-state index in [1.165, 1.54) is 0 Å². The van der Waals surface area contributed by atoms with Gasteiger partial charge in [-0.3, -0.25) is 4.79 Å². The van der Waals surface area contributed by atoms with Crippen molar-refractivity contribution in [3.05, 3.63) is 71.3 Å². The summed E-state index contributed by atoms with van der Waals surface area (Å²) in [6, 6.07) is 16.2. The highest BCUT2D eigenvalue weighted by Crippen LogP contribution is 2.22. The molecule has 0 aromatic heterocycles. The van der Waals surface area contributed by atoms with E-state index in [9.17, 15) is 9.59 Å². The molecule has 5 nitrogen and oxygen atoms in total. The first-order chi connectivity index (χ1) is 12.1. The van der Waals surface area contributed by atoms with Crippen LogP contribution in [-0.2, 0) is 14.3 Å². The molecule has 1 atom stereocenters. The smallest absolute Gasteiger partial charge is 0.339 e. The van der Waals surface area contributed by atoms with Crippen LogP contribution < -0.4 is 0 Å². The van der Waals surface area contributed by atoms with Gasteiger partial charge in [-0.25, -0.2) is 4.79 Å². The molecule has 5 heteroatoms. The van der Waals surface area contributed by atoms with Crippen molar-refractivity contribution in [1.29, 1.82) is 0 Å². The predicted octanol–water partition coefficient (Wildman–Crippen LogP) is 2.75. The third-order valence-electron chi connectivity index (χ3n) is 4.16. The van der Waals surface area contributed by atoms with Crippen LogP contribution in [0.15, 0.2) is 54.6 Å². The molecular weight excluding hydrogens is 318 g/mol. The van der Waals surface area contributed by atoms with Gasteiger partial charge in [0, 0.05) is 18.7 Å². The van der Waals surface area contributed by atoms with Crippen LogP contribution in [-0.4, -0.2) is 43.1 Å². The Kier molecular flexibility index (Phi) is 5.46. The number of hydrogen-bond donors (Lipinski definition) is 0. The zero-order chi connectivity index (χ0) is 17.6. The van der Waals surface area contributed by atoms with Crippen molar-refractivity contribution >= 4 is 11.9 Å². The molecule has 1 saturated heterocycles. The summed E-state index contributed by atoms with van der Waals surface area (Å²) in [7, 11) is 0. The summed E-state index contributed by atoms with van der Waals surface area (Å²) < 4.78 is 10.9. The number of amides is 1. The molecule has 1 fully saturated rings. The largest absolute Gasteiger partial charge is 0.444 e. The number of carbonyl (C=O) groups is 2. The van der Waals surface area contributed by atoms with Gasteiger partial charge in [0.05, 0.1) is 18.8 Å². The Bertz CT molecular complexity index is 721. The van der Waals surface area contributed by atoms with Gasteiger partial charge in [0.1, 0.15) is 0 Å². The highest BCUT2D eigenvalue weighted by Gasteiger charge is 2.30. The molecule has 1 aliphatic rings. The second kappa shape index (κ2) is 7.94. The molecular formula is C20H21NO4. The monoisotopic (exact) mass is 339 g/mol. The lowest BCUT2D eigenvalue weighted by atomic mass is 10.1. The fourth-order valence-corrected chi connectivity index (χ4v) is 2.70. The minimum atomic E-state index is -0.951. The standard InChI is InChI=1S/C20H21NO4/c1-15-7-9-17(10-8-15)20(23)25-18(16-5-3-2-4-6-16)19(22)21-11-13-24-14-12-21/h2-10,18H,11-14H2,1H3. The van der Waals surface area contributed by atoms with Crippen molar-refractivity contribution in [2.24, 2.45) is 0 Å². The first kappa shape index (κ1) is 17.2. The SMILES string of the molecule is Cc1ccc(C(=O)OC(C(=O)N2CCOCC2)c2ccccc2)cc1. The van der Waals surface area contributed by atoms with E-state index < -0.39 is 12.1 Å². The molecule has 3 rings (SSSR count). The maximum Gasteiger partial charge on any atom is 0.339 e. The lowest BCUT2D eigenvalue weighted by Crippen LogP contribution is -2.44. The summed E-state index contributed by atoms with van der Waals surface area (Å²) in [6.07, 6.45) is -0.951. The summed E-state index contributed by atoms with van der Waals surface area (Å²) in [5.41, 5.74) is 2.15. The zero-order valence-electron chi connectivity index (χ0n) is 14.2. The van der Waals surface area contributed by atoms with Crippen LogP contribution in [0.3, 0.4) is 0 Å². The third kappa shape index (κ3) is 4.25. The summed E-state index contributed by atoms with van der Waals surface area (Å²) in [6.45, 7) is 3.96. The Balaban J connectivity index is 1.82. The van der Waals surface area contributed by atoms with Gasteiger partial charge in [0.15, 0.2) is 0 Å². The molecule has 1 amide bonds. The highest BCUT2D eigenvalue weighted by molar-refractivity contribution is 5.92. The van der Waals surface area contributed by atoms with Crippen LogP contribution in [0.25, 0.3) is 0 Å². The van der Waals surface area contributed by atoms with Crippen molar-refractivity contribution in [2.75, 3.05) is 26.3 Å². The van der Waals surface area contributed by atoms with Crippen molar-refractivity contribution < 1.29 is 19.1 Å². The number of carbonyl (C=O) groups excluding carboxylic acids is 2. The Labute approximate surface area is 147 Å². The quantitative estimate of drug-likeness (QED) is 0.804. The second-order valence-corrected chi connectivity index (χ2v) is 6.00. The molecule has 2 aromatic rings. The Morgan fingerprint density at radius 3 is 2.28 bits per heavy atom. The highest BCUT2D eigenvalue weighted by atomic mass is 16.5. The number of benzene rings is 2. The van der Waals surface area contributed by atoms with Crippen LogP contribution in [0.2, 0.25) is 0 Å². The summed E-state index contributed by atoms with van der Waals surface area (Å²) >= 11 is 0. The molecule has 1 aliphatic heterocycles. The van der Waals surface area contributed by atoms with E-state index in [1.54, 1.807) is 29.2 Å². The van der Waals surface area contributed by atoms with Crippen LogP contribution in [0.1, 0.15) is 27.6 Å². The van der Waals surface area contributed by atoms with Gasteiger partial charge in [-0.1, -0.05) is 48.0 Å². The fraction of sp³-hybridized carbons (Fsp3) is 0.300. The molecule has 1 heterocycles. The van der Waals surface area contributed by atoms with Crippen molar-refractivity contribution in [3.8, 4) is 0 Å². The third-order valence-corrected chi connectivity index (χ3v) is 4.16. The van der Waals surface area contributed by atoms with Crippen molar-refractivity contribution in [1.82, 2.24) is 4.90 Å². The zero-order valence-corrected chi connectivity index (χ0v) is 14.2. The first-order valence-electron chi connectivity index (χ1n) is 8.34. The predicted molar refractivity (Wildman–Crippen MR) is 93.2 cm³/mol. The van der Waals surface area contributed by atoms with Crippen LogP contribution in [0.4, 0.5) is 0 Å². The van der Waals surface area contributed by atoms with Crippen LogP contribution >= 0.6 is 0 Å².